The summed E-state index contributed by atoms with van der Waals surface area (Å²) in [6.45, 7) is 4.54. The number of aryl methyl sites for hydroxylation is 1. The van der Waals surface area contributed by atoms with Crippen LogP contribution in [0.5, 0.6) is 5.75 Å². The van der Waals surface area contributed by atoms with Crippen LogP contribution in [0.3, 0.4) is 0 Å². The minimum atomic E-state index is -3.58. The van der Waals surface area contributed by atoms with Gasteiger partial charge in [0.05, 0.1) is 18.0 Å². The van der Waals surface area contributed by atoms with E-state index >= 15 is 0 Å². The lowest BCUT2D eigenvalue weighted by atomic mass is 9.96. The monoisotopic (exact) mass is 450 g/mol. The van der Waals surface area contributed by atoms with E-state index in [4.69, 9.17) is 16.3 Å². The molecule has 162 valence electrons. The Bertz CT molecular complexity index is 1000. The SMILES string of the molecule is COc1ccc(C)cc1[C@H](C)NC(=O)C1CCN(S(=O)(=O)c2ccc(Cl)cc2)CC1. The van der Waals surface area contributed by atoms with Gasteiger partial charge in [0.2, 0.25) is 15.9 Å². The second kappa shape index (κ2) is 9.37. The van der Waals surface area contributed by atoms with Gasteiger partial charge >= 0.3 is 0 Å². The summed E-state index contributed by atoms with van der Waals surface area (Å²) in [5.74, 6) is 0.451. The van der Waals surface area contributed by atoms with Crippen LogP contribution in [0.1, 0.15) is 36.9 Å². The topological polar surface area (TPSA) is 75.7 Å². The van der Waals surface area contributed by atoms with Gasteiger partial charge in [0.1, 0.15) is 5.75 Å². The number of methoxy groups -OCH3 is 1. The third-order valence-electron chi connectivity index (χ3n) is 5.49. The molecule has 0 radical (unpaired) electrons. The molecule has 1 aliphatic heterocycles. The van der Waals surface area contributed by atoms with Gasteiger partial charge in [-0.05, 0) is 57.0 Å². The molecule has 8 heteroatoms. The number of nitrogens with one attached hydrogen (secondary N) is 1. The van der Waals surface area contributed by atoms with E-state index in [0.29, 0.717) is 31.0 Å². The molecular formula is C22H27ClN2O4S. The Morgan fingerprint density at radius 3 is 2.40 bits per heavy atom. The summed E-state index contributed by atoms with van der Waals surface area (Å²) in [6, 6.07) is 11.8. The number of sulfonamides is 1. The van der Waals surface area contributed by atoms with Crippen molar-refractivity contribution in [3.05, 3.63) is 58.6 Å². The van der Waals surface area contributed by atoms with E-state index in [1.165, 1.54) is 16.4 Å². The summed E-state index contributed by atoms with van der Waals surface area (Å²) >= 11 is 5.85. The fraction of sp³-hybridized carbons (Fsp3) is 0.409. The molecule has 1 N–H and O–H groups in total. The summed E-state index contributed by atoms with van der Waals surface area (Å²) in [4.78, 5) is 13.0. The van der Waals surface area contributed by atoms with Crippen LogP contribution in [0.25, 0.3) is 0 Å². The van der Waals surface area contributed by atoms with Crippen LogP contribution < -0.4 is 10.1 Å². The molecular weight excluding hydrogens is 424 g/mol. The number of amides is 1. The van der Waals surface area contributed by atoms with Crippen LogP contribution in [0.2, 0.25) is 5.02 Å². The normalized spacial score (nSPS) is 16.8. The van der Waals surface area contributed by atoms with Gasteiger partial charge < -0.3 is 10.1 Å². The zero-order valence-corrected chi connectivity index (χ0v) is 19.0. The first-order valence-electron chi connectivity index (χ1n) is 9.93. The molecule has 0 aromatic heterocycles. The maximum Gasteiger partial charge on any atom is 0.243 e. The molecule has 0 saturated carbocycles. The lowest BCUT2D eigenvalue weighted by Crippen LogP contribution is -2.43. The minimum absolute atomic E-state index is 0.0606. The largest absolute Gasteiger partial charge is 0.496 e. The molecule has 2 aromatic rings. The van der Waals surface area contributed by atoms with Crippen LogP contribution in [0, 0.1) is 12.8 Å². The first-order chi connectivity index (χ1) is 14.2. The van der Waals surface area contributed by atoms with Gasteiger partial charge in [0, 0.05) is 29.6 Å². The summed E-state index contributed by atoms with van der Waals surface area (Å²) in [5.41, 5.74) is 2.02. The van der Waals surface area contributed by atoms with E-state index in [9.17, 15) is 13.2 Å². The molecule has 30 heavy (non-hydrogen) atoms. The molecule has 1 heterocycles. The molecule has 1 aliphatic rings. The number of hydrogen-bond donors (Lipinski definition) is 1. The second-order valence-electron chi connectivity index (χ2n) is 7.61. The van der Waals surface area contributed by atoms with Gasteiger partial charge in [-0.1, -0.05) is 29.3 Å². The zero-order valence-electron chi connectivity index (χ0n) is 17.4. The molecule has 0 unspecified atom stereocenters. The average molecular weight is 451 g/mol. The highest BCUT2D eigenvalue weighted by Crippen LogP contribution is 2.28. The molecule has 3 rings (SSSR count). The highest BCUT2D eigenvalue weighted by atomic mass is 35.5. The number of rotatable bonds is 6. The number of carbonyl (C=O) groups is 1. The number of nitrogens with zero attached hydrogens (tertiary/aromatic N) is 1. The number of ether oxygens (including phenoxy) is 1. The fourth-order valence-electron chi connectivity index (χ4n) is 3.72. The zero-order chi connectivity index (χ0) is 21.9. The Balaban J connectivity index is 1.61. The van der Waals surface area contributed by atoms with E-state index in [0.717, 1.165) is 16.9 Å². The first kappa shape index (κ1) is 22.6. The van der Waals surface area contributed by atoms with Crippen molar-refractivity contribution in [1.82, 2.24) is 9.62 Å². The maximum atomic E-state index is 12.8. The molecule has 0 aliphatic carbocycles. The summed E-state index contributed by atoms with van der Waals surface area (Å²) in [6.07, 6.45) is 0.965. The molecule has 1 amide bonds. The van der Waals surface area contributed by atoms with Crippen molar-refractivity contribution in [3.8, 4) is 5.75 Å². The number of halogens is 1. The van der Waals surface area contributed by atoms with Crippen molar-refractivity contribution in [2.45, 2.75) is 37.6 Å². The lowest BCUT2D eigenvalue weighted by Gasteiger charge is -2.31. The van der Waals surface area contributed by atoms with Crippen LogP contribution in [0.4, 0.5) is 0 Å². The second-order valence-corrected chi connectivity index (χ2v) is 9.98. The van der Waals surface area contributed by atoms with Crippen molar-refractivity contribution in [2.75, 3.05) is 20.2 Å². The van der Waals surface area contributed by atoms with Gasteiger partial charge in [0.15, 0.2) is 0 Å². The van der Waals surface area contributed by atoms with Crippen molar-refractivity contribution >= 4 is 27.5 Å². The van der Waals surface area contributed by atoms with Crippen LogP contribution in [-0.2, 0) is 14.8 Å². The Morgan fingerprint density at radius 2 is 1.80 bits per heavy atom. The Kier molecular flexibility index (Phi) is 7.06. The van der Waals surface area contributed by atoms with Gasteiger partial charge in [0.25, 0.3) is 0 Å². The molecule has 1 atom stereocenters. The molecule has 2 aromatic carbocycles. The Labute approximate surface area is 183 Å². The smallest absolute Gasteiger partial charge is 0.243 e. The van der Waals surface area contributed by atoms with Gasteiger partial charge in [-0.25, -0.2) is 8.42 Å². The highest BCUT2D eigenvalue weighted by molar-refractivity contribution is 7.89. The van der Waals surface area contributed by atoms with E-state index in [1.54, 1.807) is 19.2 Å². The van der Waals surface area contributed by atoms with E-state index in [-0.39, 0.29) is 22.8 Å². The summed E-state index contributed by atoms with van der Waals surface area (Å²) in [5, 5.41) is 3.55. The molecule has 6 nitrogen and oxygen atoms in total. The van der Waals surface area contributed by atoms with Gasteiger partial charge in [-0.3, -0.25) is 4.79 Å². The third kappa shape index (κ3) is 4.96. The van der Waals surface area contributed by atoms with Crippen LogP contribution >= 0.6 is 11.6 Å². The van der Waals surface area contributed by atoms with E-state index in [2.05, 4.69) is 5.32 Å². The van der Waals surface area contributed by atoms with E-state index in [1.807, 2.05) is 32.0 Å². The predicted molar refractivity (Wildman–Crippen MR) is 117 cm³/mol. The summed E-state index contributed by atoms with van der Waals surface area (Å²) < 4.78 is 32.5. The van der Waals surface area contributed by atoms with Crippen LogP contribution in [0.15, 0.2) is 47.4 Å². The lowest BCUT2D eigenvalue weighted by molar-refractivity contribution is -0.126. The minimum Gasteiger partial charge on any atom is -0.496 e. The molecule has 1 fully saturated rings. The van der Waals surface area contributed by atoms with Crippen molar-refractivity contribution in [3.63, 3.8) is 0 Å². The molecule has 0 bridgehead atoms. The fourth-order valence-corrected chi connectivity index (χ4v) is 5.31. The standard InChI is InChI=1S/C22H27ClN2O4S/c1-15-4-9-21(29-3)20(14-15)16(2)24-22(26)17-10-12-25(13-11-17)30(27,28)19-7-5-18(23)6-8-19/h4-9,14,16-17H,10-13H2,1-3H3,(H,24,26)/t16-/m0/s1. The summed E-state index contributed by atoms with van der Waals surface area (Å²) in [7, 11) is -1.97. The van der Waals surface area contributed by atoms with Gasteiger partial charge in [-0.15, -0.1) is 0 Å². The Hall–Kier alpha value is -2.09. The molecule has 0 spiro atoms. The highest BCUT2D eigenvalue weighted by Gasteiger charge is 2.32. The maximum absolute atomic E-state index is 12.8. The predicted octanol–water partition coefficient (Wildman–Crippen LogP) is 3.94. The number of carbonyl (C=O) groups excluding carboxylic acids is 1. The van der Waals surface area contributed by atoms with Gasteiger partial charge in [-0.2, -0.15) is 4.31 Å². The number of piperidine rings is 1. The van der Waals surface area contributed by atoms with E-state index < -0.39 is 10.0 Å². The van der Waals surface area contributed by atoms with Crippen molar-refractivity contribution < 1.29 is 17.9 Å². The first-order valence-corrected chi connectivity index (χ1v) is 11.7. The quantitative estimate of drug-likeness (QED) is 0.723. The number of benzene rings is 2. The number of hydrogen-bond acceptors (Lipinski definition) is 4. The average Bonchev–Trinajstić information content (AvgIpc) is 2.74. The Morgan fingerprint density at radius 1 is 1.17 bits per heavy atom. The molecule has 1 saturated heterocycles. The van der Waals surface area contributed by atoms with Crippen molar-refractivity contribution in [1.29, 1.82) is 0 Å². The van der Waals surface area contributed by atoms with Crippen molar-refractivity contribution in [2.24, 2.45) is 5.92 Å². The van der Waals surface area contributed by atoms with Crippen LogP contribution in [-0.4, -0.2) is 38.8 Å². The third-order valence-corrected chi connectivity index (χ3v) is 7.65.